The van der Waals surface area contributed by atoms with Crippen LogP contribution in [0.15, 0.2) is 30.3 Å². The molecule has 0 spiro atoms. The van der Waals surface area contributed by atoms with Crippen LogP contribution in [-0.4, -0.2) is 15.7 Å². The lowest BCUT2D eigenvalue weighted by atomic mass is 10.2. The van der Waals surface area contributed by atoms with Gasteiger partial charge in [-0.1, -0.05) is 23.7 Å². The number of carbonyl (C=O) groups excluding carboxylic acids is 1. The Kier molecular flexibility index (Phi) is 3.15. The van der Waals surface area contributed by atoms with E-state index < -0.39 is 5.97 Å². The molecule has 1 aromatic heterocycles. The molecular formula is C12H11ClN2O2. The number of aryl methyl sites for hydroxylation is 2. The zero-order valence-corrected chi connectivity index (χ0v) is 10.2. The molecule has 17 heavy (non-hydrogen) atoms. The number of nitrogens with zero attached hydrogens (tertiary/aromatic N) is 2. The number of hydrogen-bond acceptors (Lipinski definition) is 3. The second-order valence-corrected chi connectivity index (χ2v) is 4.02. The zero-order chi connectivity index (χ0) is 12.4. The van der Waals surface area contributed by atoms with E-state index in [0.717, 1.165) is 5.69 Å². The zero-order valence-electron chi connectivity index (χ0n) is 9.48. The van der Waals surface area contributed by atoms with Gasteiger partial charge in [0.05, 0.1) is 16.3 Å². The summed E-state index contributed by atoms with van der Waals surface area (Å²) in [6, 6.07) is 8.44. The molecule has 0 radical (unpaired) electrons. The van der Waals surface area contributed by atoms with Crippen LogP contribution in [0.4, 0.5) is 0 Å². The molecule has 2 rings (SSSR count). The maximum absolute atomic E-state index is 11.8. The Balaban J connectivity index is 2.23. The predicted molar refractivity (Wildman–Crippen MR) is 64.4 cm³/mol. The van der Waals surface area contributed by atoms with Crippen molar-refractivity contribution in [3.05, 3.63) is 46.6 Å². The SMILES string of the molecule is Cc1cc(OC(=O)c2ccccc2Cl)n(C)n1. The minimum Gasteiger partial charge on any atom is -0.404 e. The molecule has 88 valence electrons. The van der Waals surface area contributed by atoms with Crippen LogP contribution >= 0.6 is 11.6 Å². The lowest BCUT2D eigenvalue weighted by Gasteiger charge is -2.04. The van der Waals surface area contributed by atoms with Gasteiger partial charge < -0.3 is 4.74 Å². The van der Waals surface area contributed by atoms with Crippen molar-refractivity contribution in [3.63, 3.8) is 0 Å². The molecule has 0 aliphatic heterocycles. The molecule has 0 saturated carbocycles. The predicted octanol–water partition coefficient (Wildman–Crippen LogP) is 2.60. The Morgan fingerprint density at radius 2 is 2.12 bits per heavy atom. The Morgan fingerprint density at radius 1 is 1.41 bits per heavy atom. The summed E-state index contributed by atoms with van der Waals surface area (Å²) in [5.74, 6) is -0.0916. The first-order valence-electron chi connectivity index (χ1n) is 5.05. The Hall–Kier alpha value is -1.81. The summed E-state index contributed by atoms with van der Waals surface area (Å²) >= 11 is 5.91. The van der Waals surface area contributed by atoms with Gasteiger partial charge in [0.2, 0.25) is 5.88 Å². The van der Waals surface area contributed by atoms with Crippen LogP contribution in [-0.2, 0) is 7.05 Å². The largest absolute Gasteiger partial charge is 0.404 e. The molecule has 0 N–H and O–H groups in total. The van der Waals surface area contributed by atoms with Gasteiger partial charge in [0, 0.05) is 13.1 Å². The van der Waals surface area contributed by atoms with Gasteiger partial charge in [-0.25, -0.2) is 9.48 Å². The highest BCUT2D eigenvalue weighted by atomic mass is 35.5. The van der Waals surface area contributed by atoms with Gasteiger partial charge in [0.15, 0.2) is 0 Å². The maximum atomic E-state index is 11.8. The van der Waals surface area contributed by atoms with E-state index in [2.05, 4.69) is 5.10 Å². The molecule has 1 heterocycles. The molecule has 0 atom stereocenters. The van der Waals surface area contributed by atoms with Crippen molar-refractivity contribution in [1.82, 2.24) is 9.78 Å². The van der Waals surface area contributed by atoms with Crippen molar-refractivity contribution in [2.75, 3.05) is 0 Å². The van der Waals surface area contributed by atoms with Gasteiger partial charge in [-0.2, -0.15) is 5.10 Å². The van der Waals surface area contributed by atoms with Crippen molar-refractivity contribution in [3.8, 4) is 5.88 Å². The fourth-order valence-electron chi connectivity index (χ4n) is 1.46. The van der Waals surface area contributed by atoms with Crippen molar-refractivity contribution in [2.45, 2.75) is 6.92 Å². The highest BCUT2D eigenvalue weighted by Crippen LogP contribution is 2.18. The van der Waals surface area contributed by atoms with Gasteiger partial charge in [-0.15, -0.1) is 0 Å². The number of rotatable bonds is 2. The van der Waals surface area contributed by atoms with Gasteiger partial charge in [-0.05, 0) is 19.1 Å². The smallest absolute Gasteiger partial charge is 0.346 e. The monoisotopic (exact) mass is 250 g/mol. The molecule has 0 unspecified atom stereocenters. The molecule has 0 aliphatic carbocycles. The van der Waals surface area contributed by atoms with Gasteiger partial charge in [0.25, 0.3) is 0 Å². The summed E-state index contributed by atoms with van der Waals surface area (Å²) in [6.45, 7) is 1.83. The molecule has 0 saturated heterocycles. The fraction of sp³-hybridized carbons (Fsp3) is 0.167. The van der Waals surface area contributed by atoms with E-state index in [1.54, 1.807) is 37.4 Å². The number of carbonyl (C=O) groups is 1. The van der Waals surface area contributed by atoms with E-state index in [0.29, 0.717) is 16.5 Å². The van der Waals surface area contributed by atoms with Crippen LogP contribution in [0.1, 0.15) is 16.1 Å². The highest BCUT2D eigenvalue weighted by molar-refractivity contribution is 6.33. The minimum atomic E-state index is -0.487. The second kappa shape index (κ2) is 4.59. The Bertz CT molecular complexity index is 563. The molecular weight excluding hydrogens is 240 g/mol. The van der Waals surface area contributed by atoms with Gasteiger partial charge in [0.1, 0.15) is 0 Å². The highest BCUT2D eigenvalue weighted by Gasteiger charge is 2.14. The number of aromatic nitrogens is 2. The third-order valence-electron chi connectivity index (χ3n) is 2.25. The summed E-state index contributed by atoms with van der Waals surface area (Å²) in [7, 11) is 1.71. The van der Waals surface area contributed by atoms with Crippen molar-refractivity contribution in [1.29, 1.82) is 0 Å². The fourth-order valence-corrected chi connectivity index (χ4v) is 1.67. The molecule has 2 aromatic rings. The standard InChI is InChI=1S/C12H11ClN2O2/c1-8-7-11(15(2)14-8)17-12(16)9-5-3-4-6-10(9)13/h3-7H,1-2H3. The lowest BCUT2D eigenvalue weighted by molar-refractivity contribution is 0.0720. The molecule has 0 bridgehead atoms. The van der Waals surface area contributed by atoms with E-state index >= 15 is 0 Å². The molecule has 5 heteroatoms. The molecule has 4 nitrogen and oxygen atoms in total. The normalized spacial score (nSPS) is 10.3. The first kappa shape index (κ1) is 11.7. The number of benzene rings is 1. The lowest BCUT2D eigenvalue weighted by Crippen LogP contribution is -2.11. The summed E-state index contributed by atoms with van der Waals surface area (Å²) < 4.78 is 6.71. The number of halogens is 1. The third-order valence-corrected chi connectivity index (χ3v) is 2.58. The van der Waals surface area contributed by atoms with E-state index in [1.165, 1.54) is 4.68 Å². The Morgan fingerprint density at radius 3 is 2.71 bits per heavy atom. The van der Waals surface area contributed by atoms with E-state index in [1.807, 2.05) is 6.92 Å². The summed E-state index contributed by atoms with van der Waals surface area (Å²) in [5, 5.41) is 4.46. The van der Waals surface area contributed by atoms with E-state index in [4.69, 9.17) is 16.3 Å². The maximum Gasteiger partial charge on any atom is 0.346 e. The van der Waals surface area contributed by atoms with Gasteiger partial charge >= 0.3 is 5.97 Å². The van der Waals surface area contributed by atoms with Crippen LogP contribution in [0, 0.1) is 6.92 Å². The average molecular weight is 251 g/mol. The van der Waals surface area contributed by atoms with Crippen LogP contribution in [0.5, 0.6) is 5.88 Å². The van der Waals surface area contributed by atoms with Crippen LogP contribution in [0.25, 0.3) is 0 Å². The number of hydrogen-bond donors (Lipinski definition) is 0. The molecule has 0 aliphatic rings. The van der Waals surface area contributed by atoms with Crippen molar-refractivity contribution in [2.24, 2.45) is 7.05 Å². The van der Waals surface area contributed by atoms with Crippen LogP contribution in [0.2, 0.25) is 5.02 Å². The third kappa shape index (κ3) is 2.47. The quantitative estimate of drug-likeness (QED) is 0.770. The second-order valence-electron chi connectivity index (χ2n) is 3.62. The van der Waals surface area contributed by atoms with Crippen molar-refractivity contribution < 1.29 is 9.53 Å². The van der Waals surface area contributed by atoms with Crippen molar-refractivity contribution >= 4 is 17.6 Å². The summed E-state index contributed by atoms with van der Waals surface area (Å²) in [6.07, 6.45) is 0. The summed E-state index contributed by atoms with van der Waals surface area (Å²) in [5.41, 5.74) is 1.13. The summed E-state index contributed by atoms with van der Waals surface area (Å²) in [4.78, 5) is 11.8. The average Bonchev–Trinajstić information content (AvgIpc) is 2.58. The minimum absolute atomic E-state index is 0.341. The van der Waals surface area contributed by atoms with E-state index in [-0.39, 0.29) is 0 Å². The Labute approximate surface area is 104 Å². The van der Waals surface area contributed by atoms with Crippen LogP contribution < -0.4 is 4.74 Å². The molecule has 1 aromatic carbocycles. The first-order valence-corrected chi connectivity index (χ1v) is 5.43. The number of esters is 1. The number of ether oxygens (including phenoxy) is 1. The van der Waals surface area contributed by atoms with Crippen LogP contribution in [0.3, 0.4) is 0 Å². The molecule has 0 amide bonds. The topological polar surface area (TPSA) is 44.1 Å². The molecule has 0 fully saturated rings. The van der Waals surface area contributed by atoms with Gasteiger partial charge in [-0.3, -0.25) is 0 Å². The first-order chi connectivity index (χ1) is 8.08. The van der Waals surface area contributed by atoms with E-state index in [9.17, 15) is 4.79 Å².